The highest BCUT2D eigenvalue weighted by Crippen LogP contribution is 2.11. The van der Waals surface area contributed by atoms with Crippen molar-refractivity contribution < 1.29 is 0 Å². The summed E-state index contributed by atoms with van der Waals surface area (Å²) in [4.78, 5) is 8.49. The van der Waals surface area contributed by atoms with Crippen LogP contribution in [-0.2, 0) is 6.42 Å². The molecule has 0 amide bonds. The second-order valence-electron chi connectivity index (χ2n) is 5.10. The molecule has 1 heterocycles. The topological polar surface area (TPSA) is 25.8 Å². The quantitative estimate of drug-likeness (QED) is 0.518. The molecule has 0 radical (unpaired) electrons. The zero-order chi connectivity index (χ0) is 12.9. The third-order valence-electron chi connectivity index (χ3n) is 3.37. The molecule has 1 aromatic heterocycles. The van der Waals surface area contributed by atoms with Gasteiger partial charge >= 0.3 is 0 Å². The van der Waals surface area contributed by atoms with E-state index in [1.165, 1.54) is 64.2 Å². The molecule has 2 heteroatoms. The molecule has 0 atom stereocenters. The van der Waals surface area contributed by atoms with Crippen LogP contribution in [0.4, 0.5) is 0 Å². The van der Waals surface area contributed by atoms with Gasteiger partial charge in [0.15, 0.2) is 0 Å². The van der Waals surface area contributed by atoms with Crippen molar-refractivity contribution in [3.05, 3.63) is 24.3 Å². The molecule has 2 nitrogen and oxygen atoms in total. The predicted octanol–water partition coefficient (Wildman–Crippen LogP) is 4.94. The van der Waals surface area contributed by atoms with E-state index < -0.39 is 0 Å². The largest absolute Gasteiger partial charge is 0.241 e. The van der Waals surface area contributed by atoms with E-state index in [0.29, 0.717) is 0 Å². The summed E-state index contributed by atoms with van der Waals surface area (Å²) >= 11 is 0. The molecule has 1 rings (SSSR count). The van der Waals surface area contributed by atoms with Gasteiger partial charge in [-0.3, -0.25) is 0 Å². The molecule has 0 spiro atoms. The fourth-order valence-electron chi connectivity index (χ4n) is 2.23. The van der Waals surface area contributed by atoms with E-state index in [2.05, 4.69) is 16.9 Å². The van der Waals surface area contributed by atoms with Gasteiger partial charge < -0.3 is 0 Å². The van der Waals surface area contributed by atoms with Crippen molar-refractivity contribution in [2.45, 2.75) is 77.6 Å². The SMILES string of the molecule is CCCCCCCCCCCCc1ncccn1. The summed E-state index contributed by atoms with van der Waals surface area (Å²) in [6.07, 6.45) is 18.5. The van der Waals surface area contributed by atoms with E-state index in [-0.39, 0.29) is 0 Å². The Bertz CT molecular complexity index is 272. The lowest BCUT2D eigenvalue weighted by Crippen LogP contribution is -1.93. The number of hydrogen-bond donors (Lipinski definition) is 0. The summed E-state index contributed by atoms with van der Waals surface area (Å²) in [5, 5.41) is 0. The molecule has 0 N–H and O–H groups in total. The van der Waals surface area contributed by atoms with Crippen LogP contribution >= 0.6 is 0 Å². The van der Waals surface area contributed by atoms with Gasteiger partial charge in [-0.15, -0.1) is 0 Å². The highest BCUT2D eigenvalue weighted by atomic mass is 14.8. The van der Waals surface area contributed by atoms with E-state index in [0.717, 1.165) is 12.2 Å². The lowest BCUT2D eigenvalue weighted by atomic mass is 10.1. The van der Waals surface area contributed by atoms with Crippen LogP contribution in [0.3, 0.4) is 0 Å². The molecular formula is C16H28N2. The summed E-state index contributed by atoms with van der Waals surface area (Å²) < 4.78 is 0. The summed E-state index contributed by atoms with van der Waals surface area (Å²) in [5.74, 6) is 0.997. The molecular weight excluding hydrogens is 220 g/mol. The molecule has 0 aliphatic heterocycles. The van der Waals surface area contributed by atoms with Crippen molar-refractivity contribution in [1.29, 1.82) is 0 Å². The molecule has 18 heavy (non-hydrogen) atoms. The third-order valence-corrected chi connectivity index (χ3v) is 3.37. The monoisotopic (exact) mass is 248 g/mol. The summed E-state index contributed by atoms with van der Waals surface area (Å²) in [6.45, 7) is 2.27. The number of rotatable bonds is 11. The van der Waals surface area contributed by atoms with Crippen LogP contribution in [0.25, 0.3) is 0 Å². The maximum absolute atomic E-state index is 4.24. The first-order valence-corrected chi connectivity index (χ1v) is 7.69. The minimum atomic E-state index is 0.997. The van der Waals surface area contributed by atoms with Gasteiger partial charge in [0, 0.05) is 18.8 Å². The molecule has 1 aromatic rings. The lowest BCUT2D eigenvalue weighted by molar-refractivity contribution is 0.554. The van der Waals surface area contributed by atoms with E-state index in [9.17, 15) is 0 Å². The van der Waals surface area contributed by atoms with Crippen molar-refractivity contribution in [3.8, 4) is 0 Å². The van der Waals surface area contributed by atoms with Gasteiger partial charge in [-0.1, -0.05) is 64.7 Å². The second kappa shape index (κ2) is 11.2. The minimum Gasteiger partial charge on any atom is -0.241 e. The van der Waals surface area contributed by atoms with Gasteiger partial charge in [0.1, 0.15) is 5.82 Å². The van der Waals surface area contributed by atoms with Gasteiger partial charge in [0.05, 0.1) is 0 Å². The number of nitrogens with zero attached hydrogens (tertiary/aromatic N) is 2. The average molecular weight is 248 g/mol. The Morgan fingerprint density at radius 1 is 0.722 bits per heavy atom. The van der Waals surface area contributed by atoms with Crippen LogP contribution in [0.1, 0.15) is 77.0 Å². The first-order valence-electron chi connectivity index (χ1n) is 7.69. The van der Waals surface area contributed by atoms with E-state index >= 15 is 0 Å². The lowest BCUT2D eigenvalue weighted by Gasteiger charge is -2.02. The summed E-state index contributed by atoms with van der Waals surface area (Å²) in [6, 6.07) is 1.88. The maximum atomic E-state index is 4.24. The van der Waals surface area contributed by atoms with E-state index in [1.54, 1.807) is 0 Å². The van der Waals surface area contributed by atoms with Crippen LogP contribution in [-0.4, -0.2) is 9.97 Å². The Kier molecular flexibility index (Phi) is 9.41. The smallest absolute Gasteiger partial charge is 0.128 e. The van der Waals surface area contributed by atoms with Gasteiger partial charge in [0.2, 0.25) is 0 Å². The standard InChI is InChI=1S/C16H28N2/c1-2-3-4-5-6-7-8-9-10-11-13-16-17-14-12-15-18-16/h12,14-15H,2-11,13H2,1H3. The zero-order valence-electron chi connectivity index (χ0n) is 11.9. The molecule has 0 aromatic carbocycles. The predicted molar refractivity (Wildman–Crippen MR) is 77.6 cm³/mol. The van der Waals surface area contributed by atoms with Crippen LogP contribution in [0, 0.1) is 0 Å². The number of aromatic nitrogens is 2. The van der Waals surface area contributed by atoms with Gasteiger partial charge in [-0.05, 0) is 12.5 Å². The van der Waals surface area contributed by atoms with Crippen molar-refractivity contribution in [2.75, 3.05) is 0 Å². The summed E-state index contributed by atoms with van der Waals surface area (Å²) in [7, 11) is 0. The van der Waals surface area contributed by atoms with Gasteiger partial charge in [-0.25, -0.2) is 9.97 Å². The number of hydrogen-bond acceptors (Lipinski definition) is 2. The molecule has 0 bridgehead atoms. The second-order valence-corrected chi connectivity index (χ2v) is 5.10. The van der Waals surface area contributed by atoms with E-state index in [4.69, 9.17) is 0 Å². The van der Waals surface area contributed by atoms with Crippen LogP contribution in [0.15, 0.2) is 18.5 Å². The first kappa shape index (κ1) is 15.1. The Labute approximate surface area is 112 Å². The summed E-state index contributed by atoms with van der Waals surface area (Å²) in [5.41, 5.74) is 0. The normalized spacial score (nSPS) is 10.7. The third kappa shape index (κ3) is 8.21. The Morgan fingerprint density at radius 3 is 1.78 bits per heavy atom. The van der Waals surface area contributed by atoms with E-state index in [1.807, 2.05) is 18.5 Å². The van der Waals surface area contributed by atoms with Crippen molar-refractivity contribution in [2.24, 2.45) is 0 Å². The van der Waals surface area contributed by atoms with Crippen LogP contribution in [0.2, 0.25) is 0 Å². The first-order chi connectivity index (χ1) is 8.93. The zero-order valence-corrected chi connectivity index (χ0v) is 11.9. The average Bonchev–Trinajstić information content (AvgIpc) is 2.42. The highest BCUT2D eigenvalue weighted by Gasteiger charge is 1.95. The molecule has 102 valence electrons. The molecule has 0 saturated carbocycles. The Balaban J connectivity index is 1.82. The van der Waals surface area contributed by atoms with Crippen LogP contribution < -0.4 is 0 Å². The van der Waals surface area contributed by atoms with Crippen molar-refractivity contribution in [1.82, 2.24) is 9.97 Å². The highest BCUT2D eigenvalue weighted by molar-refractivity contribution is 4.88. The maximum Gasteiger partial charge on any atom is 0.128 e. The minimum absolute atomic E-state index is 0.997. The Hall–Kier alpha value is -0.920. The molecule has 0 aliphatic rings. The molecule has 0 fully saturated rings. The number of unbranched alkanes of at least 4 members (excludes halogenated alkanes) is 9. The molecule has 0 aliphatic carbocycles. The van der Waals surface area contributed by atoms with Gasteiger partial charge in [0.25, 0.3) is 0 Å². The fourth-order valence-corrected chi connectivity index (χ4v) is 2.23. The number of aryl methyl sites for hydroxylation is 1. The van der Waals surface area contributed by atoms with Crippen molar-refractivity contribution in [3.63, 3.8) is 0 Å². The molecule has 0 saturated heterocycles. The van der Waals surface area contributed by atoms with Crippen molar-refractivity contribution >= 4 is 0 Å². The van der Waals surface area contributed by atoms with Crippen LogP contribution in [0.5, 0.6) is 0 Å². The fraction of sp³-hybridized carbons (Fsp3) is 0.750. The molecule has 0 unspecified atom stereocenters. The Morgan fingerprint density at radius 2 is 1.22 bits per heavy atom. The van der Waals surface area contributed by atoms with Gasteiger partial charge in [-0.2, -0.15) is 0 Å².